The van der Waals surface area contributed by atoms with Crippen molar-refractivity contribution in [2.24, 2.45) is 5.41 Å². The average Bonchev–Trinajstić information content (AvgIpc) is 3.73. The molecule has 45 heavy (non-hydrogen) atoms. The number of hydrogen-bond acceptors (Lipinski definition) is 5. The number of aromatic nitrogens is 2. The van der Waals surface area contributed by atoms with Gasteiger partial charge in [-0.1, -0.05) is 63.2 Å². The molecule has 0 spiro atoms. The lowest BCUT2D eigenvalue weighted by atomic mass is 9.85. The minimum atomic E-state index is -4.85. The minimum Gasteiger partial charge on any atom is -0.405 e. The second kappa shape index (κ2) is 11.2. The van der Waals surface area contributed by atoms with Crippen LogP contribution in [0.4, 0.5) is 13.2 Å². The molecule has 6 rings (SSSR count). The first-order chi connectivity index (χ1) is 21.3. The Labute approximate surface area is 257 Å². The molecule has 2 N–H and O–H groups in total. The topological polar surface area (TPSA) is 108 Å². The van der Waals surface area contributed by atoms with Crippen LogP contribution in [0.2, 0.25) is 0 Å². The number of halogens is 3. The second-order valence-electron chi connectivity index (χ2n) is 12.5. The SMILES string of the molecule is CC(C)(C)[C@H](NC(=O)c1cc2ccccc2[nH]1)C(=O)N1C[C@@H]2C[C@H]1CN2C(=O)c1ccc(-c2ccccc2OC(F)(F)F)cn1. The number of pyridine rings is 1. The molecule has 2 aliphatic heterocycles. The first-order valence-corrected chi connectivity index (χ1v) is 14.6. The van der Waals surface area contributed by atoms with Gasteiger partial charge in [-0.2, -0.15) is 0 Å². The number of carbonyl (C=O) groups is 3. The van der Waals surface area contributed by atoms with Gasteiger partial charge in [-0.25, -0.2) is 0 Å². The van der Waals surface area contributed by atoms with Gasteiger partial charge >= 0.3 is 6.36 Å². The van der Waals surface area contributed by atoms with Crippen LogP contribution in [0.15, 0.2) is 72.9 Å². The molecule has 0 aliphatic carbocycles. The lowest BCUT2D eigenvalue weighted by molar-refractivity contribution is -0.274. The van der Waals surface area contributed by atoms with Crippen LogP contribution in [0.5, 0.6) is 5.75 Å². The standard InChI is InChI=1S/C33H32F3N5O4/c1-32(2,3)28(39-29(42)26-14-19-8-4-6-10-24(19)38-26)31(44)41-18-21-15-22(41)17-40(21)30(43)25-13-12-20(16-37-25)23-9-5-7-11-27(23)45-33(34,35)36/h4-14,16,21-22,28,38H,15,17-18H2,1-3H3,(H,39,42)/t21-,22-,28+/m0/s1. The molecular weight excluding hydrogens is 587 g/mol. The Morgan fingerprint density at radius 1 is 0.956 bits per heavy atom. The summed E-state index contributed by atoms with van der Waals surface area (Å²) in [6.45, 7) is 6.33. The van der Waals surface area contributed by atoms with Crippen LogP contribution >= 0.6 is 0 Å². The van der Waals surface area contributed by atoms with Gasteiger partial charge in [0.05, 0.1) is 12.1 Å². The van der Waals surface area contributed by atoms with E-state index in [4.69, 9.17) is 0 Å². The molecule has 2 bridgehead atoms. The third-order valence-electron chi connectivity index (χ3n) is 8.35. The highest BCUT2D eigenvalue weighted by atomic mass is 19.4. The first kappa shape index (κ1) is 30.2. The Balaban J connectivity index is 1.12. The molecule has 4 heterocycles. The zero-order chi connectivity index (χ0) is 32.1. The summed E-state index contributed by atoms with van der Waals surface area (Å²) in [6, 6.07) is 16.8. The summed E-state index contributed by atoms with van der Waals surface area (Å²) in [7, 11) is 0. The Kier molecular flexibility index (Phi) is 7.54. The Bertz CT molecular complexity index is 1730. The van der Waals surface area contributed by atoms with Crippen molar-refractivity contribution < 1.29 is 32.3 Å². The number of likely N-dealkylation sites (tertiary alicyclic amines) is 2. The van der Waals surface area contributed by atoms with Gasteiger partial charge in [0.2, 0.25) is 5.91 Å². The fourth-order valence-electron chi connectivity index (χ4n) is 6.15. The summed E-state index contributed by atoms with van der Waals surface area (Å²) in [5, 5.41) is 3.84. The van der Waals surface area contributed by atoms with Crippen molar-refractivity contribution in [2.45, 2.75) is 51.7 Å². The zero-order valence-corrected chi connectivity index (χ0v) is 24.9. The predicted molar refractivity (Wildman–Crippen MR) is 160 cm³/mol. The zero-order valence-electron chi connectivity index (χ0n) is 24.9. The number of fused-ring (bicyclic) bond motifs is 3. The van der Waals surface area contributed by atoms with E-state index in [1.54, 1.807) is 21.9 Å². The maximum Gasteiger partial charge on any atom is 0.573 e. The van der Waals surface area contributed by atoms with E-state index >= 15 is 0 Å². The van der Waals surface area contributed by atoms with Crippen LogP contribution in [-0.4, -0.2) is 75.1 Å². The van der Waals surface area contributed by atoms with E-state index < -0.39 is 17.8 Å². The smallest absolute Gasteiger partial charge is 0.405 e. The van der Waals surface area contributed by atoms with Crippen LogP contribution in [0.3, 0.4) is 0 Å². The molecular formula is C33H32F3N5O4. The number of H-pyrrole nitrogens is 1. The molecule has 3 atom stereocenters. The minimum absolute atomic E-state index is 0.150. The van der Waals surface area contributed by atoms with Crippen LogP contribution in [0, 0.1) is 5.41 Å². The van der Waals surface area contributed by atoms with Crippen LogP contribution in [-0.2, 0) is 4.79 Å². The molecule has 0 saturated carbocycles. The molecule has 2 aromatic heterocycles. The number of ether oxygens (including phenoxy) is 1. The number of rotatable bonds is 6. The third-order valence-corrected chi connectivity index (χ3v) is 8.35. The molecule has 2 saturated heterocycles. The Morgan fingerprint density at radius 2 is 1.64 bits per heavy atom. The molecule has 4 aromatic rings. The summed E-state index contributed by atoms with van der Waals surface area (Å²) >= 11 is 0. The highest BCUT2D eigenvalue weighted by Gasteiger charge is 2.50. The monoisotopic (exact) mass is 619 g/mol. The Morgan fingerprint density at radius 3 is 2.29 bits per heavy atom. The molecule has 234 valence electrons. The highest BCUT2D eigenvalue weighted by molar-refractivity contribution is 6.00. The van der Waals surface area contributed by atoms with Gasteiger partial charge in [-0.05, 0) is 36.1 Å². The van der Waals surface area contributed by atoms with Gasteiger partial charge in [0.25, 0.3) is 11.8 Å². The number of amides is 3. The number of nitrogens with zero attached hydrogens (tertiary/aromatic N) is 3. The number of piperazine rings is 1. The van der Waals surface area contributed by atoms with E-state index in [9.17, 15) is 27.6 Å². The molecule has 2 aliphatic rings. The van der Waals surface area contributed by atoms with Crippen LogP contribution < -0.4 is 10.1 Å². The van der Waals surface area contributed by atoms with Crippen molar-refractivity contribution in [1.29, 1.82) is 0 Å². The van der Waals surface area contributed by atoms with Crippen molar-refractivity contribution in [1.82, 2.24) is 25.1 Å². The fourth-order valence-corrected chi connectivity index (χ4v) is 6.15. The third kappa shape index (κ3) is 6.09. The lowest BCUT2D eigenvalue weighted by Gasteiger charge is -2.39. The number of para-hydroxylation sites is 2. The maximum absolute atomic E-state index is 13.9. The summed E-state index contributed by atoms with van der Waals surface area (Å²) in [4.78, 5) is 51.3. The molecule has 3 amide bonds. The average molecular weight is 620 g/mol. The van der Waals surface area contributed by atoms with Crippen LogP contribution in [0.1, 0.15) is 48.2 Å². The summed E-state index contributed by atoms with van der Waals surface area (Å²) in [5.41, 5.74) is 1.33. The number of alkyl halides is 3. The van der Waals surface area contributed by atoms with E-state index in [-0.39, 0.29) is 46.8 Å². The number of carbonyl (C=O) groups excluding carboxylic acids is 3. The largest absolute Gasteiger partial charge is 0.573 e. The lowest BCUT2D eigenvalue weighted by Crippen LogP contribution is -2.59. The van der Waals surface area contributed by atoms with Gasteiger partial charge in [0, 0.05) is 41.3 Å². The van der Waals surface area contributed by atoms with Crippen molar-refractivity contribution in [3.63, 3.8) is 0 Å². The van der Waals surface area contributed by atoms with Crippen LogP contribution in [0.25, 0.3) is 22.0 Å². The highest BCUT2D eigenvalue weighted by Crippen LogP contribution is 2.36. The predicted octanol–water partition coefficient (Wildman–Crippen LogP) is 5.40. The molecule has 9 nitrogen and oxygen atoms in total. The maximum atomic E-state index is 13.9. The summed E-state index contributed by atoms with van der Waals surface area (Å²) < 4.78 is 42.7. The number of hydrogen-bond donors (Lipinski definition) is 2. The van der Waals surface area contributed by atoms with Gasteiger partial charge < -0.3 is 24.8 Å². The van der Waals surface area contributed by atoms with Gasteiger partial charge in [0.15, 0.2) is 0 Å². The number of nitrogens with one attached hydrogen (secondary N) is 2. The van der Waals surface area contributed by atoms with Gasteiger partial charge in [-0.15, -0.1) is 13.2 Å². The first-order valence-electron chi connectivity index (χ1n) is 14.6. The molecule has 2 fully saturated rings. The van der Waals surface area contributed by atoms with Crippen molar-refractivity contribution in [3.8, 4) is 16.9 Å². The van der Waals surface area contributed by atoms with Gasteiger partial charge in [-0.3, -0.25) is 19.4 Å². The van der Waals surface area contributed by atoms with E-state index in [2.05, 4.69) is 20.0 Å². The van der Waals surface area contributed by atoms with E-state index in [1.807, 2.05) is 45.0 Å². The van der Waals surface area contributed by atoms with E-state index in [1.165, 1.54) is 36.5 Å². The second-order valence-corrected chi connectivity index (χ2v) is 12.5. The van der Waals surface area contributed by atoms with Crippen molar-refractivity contribution >= 4 is 28.6 Å². The van der Waals surface area contributed by atoms with E-state index in [0.29, 0.717) is 30.8 Å². The molecule has 12 heteroatoms. The number of aromatic amines is 1. The van der Waals surface area contributed by atoms with Gasteiger partial charge in [0.1, 0.15) is 23.2 Å². The Hall–Kier alpha value is -4.87. The number of benzene rings is 2. The summed E-state index contributed by atoms with van der Waals surface area (Å²) in [6.07, 6.45) is -2.90. The van der Waals surface area contributed by atoms with E-state index in [0.717, 1.165) is 10.9 Å². The quantitative estimate of drug-likeness (QED) is 0.301. The van der Waals surface area contributed by atoms with Crippen molar-refractivity contribution in [2.75, 3.05) is 13.1 Å². The molecule has 0 unspecified atom stereocenters. The fraction of sp³-hybridized carbons (Fsp3) is 0.333. The molecule has 2 aromatic carbocycles. The summed E-state index contributed by atoms with van der Waals surface area (Å²) in [5.74, 6) is -1.25. The van der Waals surface area contributed by atoms with Crippen molar-refractivity contribution in [3.05, 3.63) is 84.3 Å². The molecule has 0 radical (unpaired) electrons. The normalized spacial score (nSPS) is 18.7.